The molecule has 1 aliphatic rings. The van der Waals surface area contributed by atoms with Gasteiger partial charge in [0.2, 0.25) is 5.91 Å². The van der Waals surface area contributed by atoms with Crippen LogP contribution in [0.3, 0.4) is 0 Å². The molecule has 0 aromatic heterocycles. The molecule has 7 nitrogen and oxygen atoms in total. The van der Waals surface area contributed by atoms with E-state index < -0.39 is 6.29 Å². The van der Waals surface area contributed by atoms with Crippen molar-refractivity contribution in [2.75, 3.05) is 33.9 Å². The van der Waals surface area contributed by atoms with Crippen LogP contribution in [-0.2, 0) is 25.6 Å². The van der Waals surface area contributed by atoms with Crippen LogP contribution in [0, 0.1) is 5.92 Å². The van der Waals surface area contributed by atoms with Gasteiger partial charge in [0.25, 0.3) is 0 Å². The van der Waals surface area contributed by atoms with Crippen molar-refractivity contribution in [3.05, 3.63) is 35.9 Å². The molecular weight excluding hydrogens is 324 g/mol. The van der Waals surface area contributed by atoms with E-state index in [0.29, 0.717) is 13.1 Å². The van der Waals surface area contributed by atoms with E-state index in [9.17, 15) is 9.59 Å². The number of carbonyl (C=O) groups is 2. The first-order chi connectivity index (χ1) is 12.1. The molecule has 1 N–H and O–H groups in total. The molecule has 2 rings (SSSR count). The number of ether oxygens (including phenoxy) is 3. The summed E-state index contributed by atoms with van der Waals surface area (Å²) in [5.41, 5.74) is 0.937. The first-order valence-electron chi connectivity index (χ1n) is 8.43. The highest BCUT2D eigenvalue weighted by Crippen LogP contribution is 2.18. The van der Waals surface area contributed by atoms with E-state index >= 15 is 0 Å². The zero-order chi connectivity index (χ0) is 18.1. The van der Waals surface area contributed by atoms with Crippen LogP contribution in [0.25, 0.3) is 0 Å². The molecule has 1 aromatic carbocycles. The van der Waals surface area contributed by atoms with Crippen molar-refractivity contribution in [3.63, 3.8) is 0 Å². The Morgan fingerprint density at radius 1 is 1.24 bits per heavy atom. The normalized spacial score (nSPS) is 17.4. The number of benzene rings is 1. The summed E-state index contributed by atoms with van der Waals surface area (Å²) in [5, 5.41) is 2.80. The van der Waals surface area contributed by atoms with Gasteiger partial charge in [-0.15, -0.1) is 0 Å². The van der Waals surface area contributed by atoms with Crippen molar-refractivity contribution in [2.24, 2.45) is 5.92 Å². The highest BCUT2D eigenvalue weighted by atomic mass is 16.7. The number of nitrogens with one attached hydrogen (secondary N) is 1. The van der Waals surface area contributed by atoms with Gasteiger partial charge < -0.3 is 24.4 Å². The van der Waals surface area contributed by atoms with Gasteiger partial charge >= 0.3 is 6.09 Å². The van der Waals surface area contributed by atoms with Gasteiger partial charge in [-0.3, -0.25) is 4.79 Å². The fourth-order valence-electron chi connectivity index (χ4n) is 2.76. The Balaban J connectivity index is 1.79. The van der Waals surface area contributed by atoms with Crippen molar-refractivity contribution in [1.29, 1.82) is 0 Å². The molecule has 1 atom stereocenters. The van der Waals surface area contributed by atoms with Crippen LogP contribution in [0.5, 0.6) is 0 Å². The molecule has 1 heterocycles. The maximum atomic E-state index is 12.3. The molecule has 1 aromatic rings. The lowest BCUT2D eigenvalue weighted by Gasteiger charge is -2.31. The Morgan fingerprint density at radius 2 is 1.96 bits per heavy atom. The third-order valence-electron chi connectivity index (χ3n) is 4.22. The number of rotatable bonds is 7. The van der Waals surface area contributed by atoms with Crippen LogP contribution in [-0.4, -0.2) is 57.0 Å². The first-order valence-corrected chi connectivity index (χ1v) is 8.43. The first kappa shape index (κ1) is 19.2. The minimum atomic E-state index is -0.473. The fraction of sp³-hybridized carbons (Fsp3) is 0.556. The maximum Gasteiger partial charge on any atom is 0.410 e. The second-order valence-corrected chi connectivity index (χ2v) is 5.97. The van der Waals surface area contributed by atoms with Crippen LogP contribution in [0.2, 0.25) is 0 Å². The lowest BCUT2D eigenvalue weighted by Crippen LogP contribution is -2.47. The van der Waals surface area contributed by atoms with E-state index in [1.807, 2.05) is 30.3 Å². The third-order valence-corrected chi connectivity index (χ3v) is 4.22. The Hall–Kier alpha value is -2.12. The quantitative estimate of drug-likeness (QED) is 0.759. The summed E-state index contributed by atoms with van der Waals surface area (Å²) >= 11 is 0. The summed E-state index contributed by atoms with van der Waals surface area (Å²) in [5.74, 6) is -0.341. The van der Waals surface area contributed by atoms with Gasteiger partial charge in [-0.05, 0) is 18.4 Å². The van der Waals surface area contributed by atoms with E-state index in [0.717, 1.165) is 18.4 Å². The standard InChI is InChI=1S/C18H26N2O5/c1-23-16(24-2)11-19-17(21)15-9-6-10-20(12-15)18(22)25-13-14-7-4-3-5-8-14/h3-5,7-8,15-16H,6,9-13H2,1-2H3,(H,19,21). The van der Waals surface area contributed by atoms with Crippen molar-refractivity contribution >= 4 is 12.0 Å². The number of piperidine rings is 1. The van der Waals surface area contributed by atoms with Gasteiger partial charge in [0, 0.05) is 27.3 Å². The molecule has 0 spiro atoms. The van der Waals surface area contributed by atoms with Crippen molar-refractivity contribution in [3.8, 4) is 0 Å². The molecule has 1 aliphatic heterocycles. The number of carbonyl (C=O) groups excluding carboxylic acids is 2. The number of hydrogen-bond acceptors (Lipinski definition) is 5. The van der Waals surface area contributed by atoms with Crippen molar-refractivity contribution < 1.29 is 23.8 Å². The Labute approximate surface area is 148 Å². The molecular formula is C18H26N2O5. The van der Waals surface area contributed by atoms with E-state index in [1.165, 1.54) is 14.2 Å². The van der Waals surface area contributed by atoms with Gasteiger partial charge in [0.05, 0.1) is 12.5 Å². The van der Waals surface area contributed by atoms with Crippen LogP contribution < -0.4 is 5.32 Å². The monoisotopic (exact) mass is 350 g/mol. The fourth-order valence-corrected chi connectivity index (χ4v) is 2.76. The minimum absolute atomic E-state index is 0.0975. The summed E-state index contributed by atoms with van der Waals surface area (Å²) < 4.78 is 15.4. The molecule has 0 bridgehead atoms. The topological polar surface area (TPSA) is 77.1 Å². The number of likely N-dealkylation sites (tertiary alicyclic amines) is 1. The third kappa shape index (κ3) is 6.03. The van der Waals surface area contributed by atoms with E-state index in [2.05, 4.69) is 5.32 Å². The van der Waals surface area contributed by atoms with Gasteiger partial charge in [-0.2, -0.15) is 0 Å². The summed E-state index contributed by atoms with van der Waals surface area (Å²) in [7, 11) is 3.04. The van der Waals surface area contributed by atoms with E-state index in [-0.39, 0.29) is 31.1 Å². The molecule has 25 heavy (non-hydrogen) atoms. The van der Waals surface area contributed by atoms with Gasteiger partial charge in [-0.1, -0.05) is 30.3 Å². The summed E-state index contributed by atoms with van der Waals surface area (Å²) in [6.07, 6.45) is 0.669. The maximum absolute atomic E-state index is 12.3. The SMILES string of the molecule is COC(CNC(=O)C1CCCN(C(=O)OCc2ccccc2)C1)OC. The lowest BCUT2D eigenvalue weighted by molar-refractivity contribution is -0.132. The Kier molecular flexibility index (Phi) is 7.69. The Morgan fingerprint density at radius 3 is 2.64 bits per heavy atom. The second-order valence-electron chi connectivity index (χ2n) is 5.97. The van der Waals surface area contributed by atoms with Crippen LogP contribution in [0.4, 0.5) is 4.79 Å². The number of methoxy groups -OCH3 is 2. The second kappa shape index (κ2) is 10.0. The zero-order valence-electron chi connectivity index (χ0n) is 14.8. The minimum Gasteiger partial charge on any atom is -0.445 e. The highest BCUT2D eigenvalue weighted by molar-refractivity contribution is 5.80. The lowest BCUT2D eigenvalue weighted by atomic mass is 9.97. The summed E-state index contributed by atoms with van der Waals surface area (Å²) in [6.45, 7) is 1.48. The Bertz CT molecular complexity index is 548. The smallest absolute Gasteiger partial charge is 0.410 e. The van der Waals surface area contributed by atoms with Crippen molar-refractivity contribution in [1.82, 2.24) is 10.2 Å². The predicted molar refractivity (Wildman–Crippen MR) is 91.7 cm³/mol. The molecule has 0 saturated carbocycles. The number of amides is 2. The molecule has 1 fully saturated rings. The molecule has 138 valence electrons. The van der Waals surface area contributed by atoms with Crippen LogP contribution in [0.1, 0.15) is 18.4 Å². The number of nitrogens with zero attached hydrogens (tertiary/aromatic N) is 1. The van der Waals surface area contributed by atoms with Gasteiger partial charge in [-0.25, -0.2) is 4.79 Å². The average Bonchev–Trinajstić information content (AvgIpc) is 2.67. The van der Waals surface area contributed by atoms with Gasteiger partial charge in [0.1, 0.15) is 6.61 Å². The molecule has 7 heteroatoms. The highest BCUT2D eigenvalue weighted by Gasteiger charge is 2.29. The van der Waals surface area contributed by atoms with E-state index in [4.69, 9.17) is 14.2 Å². The molecule has 1 saturated heterocycles. The number of hydrogen-bond donors (Lipinski definition) is 1. The molecule has 2 amide bonds. The molecule has 1 unspecified atom stereocenters. The van der Waals surface area contributed by atoms with Crippen LogP contribution >= 0.6 is 0 Å². The van der Waals surface area contributed by atoms with Crippen molar-refractivity contribution in [2.45, 2.75) is 25.7 Å². The summed E-state index contributed by atoms with van der Waals surface area (Å²) in [6, 6.07) is 9.52. The van der Waals surface area contributed by atoms with Crippen LogP contribution in [0.15, 0.2) is 30.3 Å². The zero-order valence-corrected chi connectivity index (χ0v) is 14.8. The molecule has 0 radical (unpaired) electrons. The predicted octanol–water partition coefficient (Wildman–Crippen LogP) is 1.77. The summed E-state index contributed by atoms with van der Waals surface area (Å²) in [4.78, 5) is 26.1. The van der Waals surface area contributed by atoms with E-state index in [1.54, 1.807) is 4.90 Å². The van der Waals surface area contributed by atoms with Gasteiger partial charge in [0.15, 0.2) is 6.29 Å². The molecule has 0 aliphatic carbocycles. The largest absolute Gasteiger partial charge is 0.445 e. The average molecular weight is 350 g/mol.